The second-order valence-corrected chi connectivity index (χ2v) is 4.88. The van der Waals surface area contributed by atoms with Crippen molar-refractivity contribution in [2.75, 3.05) is 13.7 Å². The molecule has 0 spiro atoms. The summed E-state index contributed by atoms with van der Waals surface area (Å²) < 4.78 is 17.9. The number of halogens is 1. The van der Waals surface area contributed by atoms with Crippen molar-refractivity contribution in [3.8, 4) is 0 Å². The van der Waals surface area contributed by atoms with Gasteiger partial charge in [-0.15, -0.1) is 0 Å². The van der Waals surface area contributed by atoms with Crippen LogP contribution in [-0.2, 0) is 9.53 Å². The van der Waals surface area contributed by atoms with Crippen molar-refractivity contribution in [2.45, 2.75) is 44.7 Å². The molecule has 1 rings (SSSR count). The van der Waals surface area contributed by atoms with Crippen molar-refractivity contribution in [2.24, 2.45) is 11.8 Å². The minimum atomic E-state index is -0.840. The molecule has 4 heteroatoms. The number of aliphatic hydroxyl groups is 1. The Morgan fingerprint density at radius 2 is 2.22 bits per heavy atom. The zero-order chi connectivity index (χ0) is 13.4. The molecule has 18 heavy (non-hydrogen) atoms. The lowest BCUT2D eigenvalue weighted by molar-refractivity contribution is -0.140. The Bertz CT molecular complexity index is 278. The molecule has 0 aliphatic heterocycles. The van der Waals surface area contributed by atoms with Gasteiger partial charge in [-0.25, -0.2) is 4.39 Å². The molecule has 104 valence electrons. The summed E-state index contributed by atoms with van der Waals surface area (Å²) in [5, 5.41) is 9.12. The molecule has 0 aromatic carbocycles. The molecule has 3 nitrogen and oxygen atoms in total. The number of allylic oxidation sites excluding steroid dienone is 2. The van der Waals surface area contributed by atoms with Crippen LogP contribution in [-0.4, -0.2) is 31.0 Å². The monoisotopic (exact) mass is 258 g/mol. The van der Waals surface area contributed by atoms with Crippen LogP contribution in [0.5, 0.6) is 0 Å². The first-order valence-electron chi connectivity index (χ1n) is 6.65. The van der Waals surface area contributed by atoms with E-state index in [1.807, 2.05) is 12.2 Å². The standard InChI is InChI=1S/C14H23FO3/c1-18-14(17)7-5-3-2-4-6-11-8-9-13(15)12(11)10-16/h2,4,11-13,16H,3,5-10H2,1H3/b4-2-/t11-,12?,13?/m0/s1. The average molecular weight is 258 g/mol. The van der Waals surface area contributed by atoms with E-state index in [4.69, 9.17) is 5.11 Å². The van der Waals surface area contributed by atoms with Gasteiger partial charge in [0.1, 0.15) is 6.17 Å². The molecule has 0 saturated heterocycles. The molecular weight excluding hydrogens is 235 g/mol. The van der Waals surface area contributed by atoms with Gasteiger partial charge in [0.25, 0.3) is 0 Å². The van der Waals surface area contributed by atoms with Crippen LogP contribution in [0.15, 0.2) is 12.2 Å². The molecule has 1 aliphatic carbocycles. The number of unbranched alkanes of at least 4 members (excludes halogenated alkanes) is 1. The Morgan fingerprint density at radius 1 is 1.44 bits per heavy atom. The Kier molecular flexibility index (Phi) is 6.94. The van der Waals surface area contributed by atoms with E-state index in [2.05, 4.69) is 4.74 Å². The fourth-order valence-corrected chi connectivity index (χ4v) is 2.51. The normalized spacial score (nSPS) is 27.8. The highest BCUT2D eigenvalue weighted by molar-refractivity contribution is 5.68. The summed E-state index contributed by atoms with van der Waals surface area (Å²) >= 11 is 0. The van der Waals surface area contributed by atoms with Crippen LogP contribution in [0.4, 0.5) is 4.39 Å². The summed E-state index contributed by atoms with van der Waals surface area (Å²) in [5.74, 6) is -0.105. The maximum atomic E-state index is 13.4. The number of ether oxygens (including phenoxy) is 1. The summed E-state index contributed by atoms with van der Waals surface area (Å²) in [6, 6.07) is 0. The van der Waals surface area contributed by atoms with E-state index in [0.29, 0.717) is 12.8 Å². The van der Waals surface area contributed by atoms with Gasteiger partial charge < -0.3 is 9.84 Å². The topological polar surface area (TPSA) is 46.5 Å². The first-order chi connectivity index (χ1) is 8.69. The Balaban J connectivity index is 2.14. The van der Waals surface area contributed by atoms with Crippen LogP contribution < -0.4 is 0 Å². The van der Waals surface area contributed by atoms with Crippen LogP contribution in [0.3, 0.4) is 0 Å². The first kappa shape index (κ1) is 15.2. The van der Waals surface area contributed by atoms with E-state index >= 15 is 0 Å². The molecule has 1 saturated carbocycles. The fourth-order valence-electron chi connectivity index (χ4n) is 2.51. The van der Waals surface area contributed by atoms with Crippen LogP contribution in [0.25, 0.3) is 0 Å². The number of alkyl halides is 1. The smallest absolute Gasteiger partial charge is 0.305 e. The van der Waals surface area contributed by atoms with Gasteiger partial charge in [0.2, 0.25) is 0 Å². The van der Waals surface area contributed by atoms with E-state index in [-0.39, 0.29) is 24.4 Å². The molecule has 0 radical (unpaired) electrons. The highest BCUT2D eigenvalue weighted by Gasteiger charge is 2.34. The quantitative estimate of drug-likeness (QED) is 0.434. The molecule has 2 unspecified atom stereocenters. The average Bonchev–Trinajstić information content (AvgIpc) is 2.73. The highest BCUT2D eigenvalue weighted by Crippen LogP contribution is 2.36. The summed E-state index contributed by atoms with van der Waals surface area (Å²) in [5.41, 5.74) is 0. The molecule has 0 aromatic rings. The maximum absolute atomic E-state index is 13.4. The van der Waals surface area contributed by atoms with Crippen molar-refractivity contribution in [3.05, 3.63) is 12.2 Å². The second kappa shape index (κ2) is 8.25. The van der Waals surface area contributed by atoms with Crippen LogP contribution >= 0.6 is 0 Å². The highest BCUT2D eigenvalue weighted by atomic mass is 19.1. The lowest BCUT2D eigenvalue weighted by Crippen LogP contribution is -2.19. The SMILES string of the molecule is COC(=O)CCC/C=C\C[C@H]1CCC(F)C1CO. The molecule has 0 amide bonds. The molecule has 0 heterocycles. The molecule has 3 atom stereocenters. The third-order valence-electron chi connectivity index (χ3n) is 3.68. The van der Waals surface area contributed by atoms with Crippen molar-refractivity contribution < 1.29 is 19.0 Å². The van der Waals surface area contributed by atoms with E-state index in [0.717, 1.165) is 25.7 Å². The van der Waals surface area contributed by atoms with E-state index < -0.39 is 6.17 Å². The third-order valence-corrected chi connectivity index (χ3v) is 3.68. The van der Waals surface area contributed by atoms with Gasteiger partial charge in [0, 0.05) is 18.9 Å². The summed E-state index contributed by atoms with van der Waals surface area (Å²) in [7, 11) is 1.39. The zero-order valence-corrected chi connectivity index (χ0v) is 11.0. The lowest BCUT2D eigenvalue weighted by Gasteiger charge is -2.16. The number of rotatable bonds is 7. The number of hydrogen-bond acceptors (Lipinski definition) is 3. The van der Waals surface area contributed by atoms with Crippen LogP contribution in [0, 0.1) is 11.8 Å². The predicted octanol–water partition coefficient (Wildman–Crippen LogP) is 2.63. The van der Waals surface area contributed by atoms with Gasteiger partial charge in [-0.3, -0.25) is 4.79 Å². The molecule has 1 aliphatic rings. The number of carbonyl (C=O) groups is 1. The largest absolute Gasteiger partial charge is 0.469 e. The van der Waals surface area contributed by atoms with Crippen molar-refractivity contribution in [3.63, 3.8) is 0 Å². The van der Waals surface area contributed by atoms with Gasteiger partial charge in [-0.2, -0.15) is 0 Å². The Hall–Kier alpha value is -0.900. The summed E-state index contributed by atoms with van der Waals surface area (Å²) in [6.45, 7) is -0.0536. The lowest BCUT2D eigenvalue weighted by atomic mass is 9.93. The predicted molar refractivity (Wildman–Crippen MR) is 67.8 cm³/mol. The maximum Gasteiger partial charge on any atom is 0.305 e. The third kappa shape index (κ3) is 4.77. The Labute approximate surface area is 108 Å². The van der Waals surface area contributed by atoms with Gasteiger partial charge in [0.05, 0.1) is 7.11 Å². The van der Waals surface area contributed by atoms with Crippen LogP contribution in [0.2, 0.25) is 0 Å². The summed E-state index contributed by atoms with van der Waals surface area (Å²) in [4.78, 5) is 10.9. The summed E-state index contributed by atoms with van der Waals surface area (Å²) in [6.07, 6.45) is 7.55. The number of carbonyl (C=O) groups excluding carboxylic acids is 1. The number of esters is 1. The first-order valence-corrected chi connectivity index (χ1v) is 6.65. The van der Waals surface area contributed by atoms with Crippen molar-refractivity contribution >= 4 is 5.97 Å². The number of aliphatic hydroxyl groups excluding tert-OH is 1. The number of methoxy groups -OCH3 is 1. The van der Waals surface area contributed by atoms with Crippen LogP contribution in [0.1, 0.15) is 38.5 Å². The van der Waals surface area contributed by atoms with Crippen molar-refractivity contribution in [1.82, 2.24) is 0 Å². The van der Waals surface area contributed by atoms with Crippen molar-refractivity contribution in [1.29, 1.82) is 0 Å². The molecule has 1 fully saturated rings. The number of hydrogen-bond donors (Lipinski definition) is 1. The van der Waals surface area contributed by atoms with E-state index in [9.17, 15) is 9.18 Å². The van der Waals surface area contributed by atoms with Gasteiger partial charge >= 0.3 is 5.97 Å². The van der Waals surface area contributed by atoms with Gasteiger partial charge in [-0.05, 0) is 38.0 Å². The molecule has 1 N–H and O–H groups in total. The zero-order valence-electron chi connectivity index (χ0n) is 11.0. The van der Waals surface area contributed by atoms with Gasteiger partial charge in [-0.1, -0.05) is 12.2 Å². The van der Waals surface area contributed by atoms with E-state index in [1.165, 1.54) is 7.11 Å². The molecule has 0 aromatic heterocycles. The second-order valence-electron chi connectivity index (χ2n) is 4.88. The minimum Gasteiger partial charge on any atom is -0.469 e. The molecular formula is C14H23FO3. The molecule has 0 bridgehead atoms. The Morgan fingerprint density at radius 3 is 2.89 bits per heavy atom. The van der Waals surface area contributed by atoms with E-state index in [1.54, 1.807) is 0 Å². The minimum absolute atomic E-state index is 0.0536. The fraction of sp³-hybridized carbons (Fsp3) is 0.786. The van der Waals surface area contributed by atoms with Gasteiger partial charge in [0.15, 0.2) is 0 Å².